The first-order valence-electron chi connectivity index (χ1n) is 4.96. The Morgan fingerprint density at radius 1 is 1.38 bits per heavy atom. The zero-order chi connectivity index (χ0) is 11.8. The van der Waals surface area contributed by atoms with Gasteiger partial charge in [-0.3, -0.25) is 10.2 Å². The van der Waals surface area contributed by atoms with Crippen molar-refractivity contribution >= 4 is 5.91 Å². The number of amides is 1. The summed E-state index contributed by atoms with van der Waals surface area (Å²) in [5, 5.41) is 0. The van der Waals surface area contributed by atoms with Crippen molar-refractivity contribution in [1.82, 2.24) is 5.43 Å². The van der Waals surface area contributed by atoms with Gasteiger partial charge >= 0.3 is 0 Å². The van der Waals surface area contributed by atoms with Crippen LogP contribution in [0.25, 0.3) is 0 Å². The Morgan fingerprint density at radius 3 is 2.62 bits per heavy atom. The maximum atomic E-state index is 10.8. The van der Waals surface area contributed by atoms with Crippen molar-refractivity contribution in [3.05, 3.63) is 29.8 Å². The van der Waals surface area contributed by atoms with Crippen molar-refractivity contribution in [2.75, 3.05) is 20.3 Å². The SMILES string of the molecule is COCCc1ccc(OCC(=O)NN)cc1. The van der Waals surface area contributed by atoms with Gasteiger partial charge in [-0.25, -0.2) is 5.84 Å². The van der Waals surface area contributed by atoms with Crippen LogP contribution in [0.4, 0.5) is 0 Å². The lowest BCUT2D eigenvalue weighted by atomic mass is 10.1. The van der Waals surface area contributed by atoms with E-state index in [0.717, 1.165) is 12.0 Å². The number of ether oxygens (including phenoxy) is 2. The summed E-state index contributed by atoms with van der Waals surface area (Å²) in [5.74, 6) is 5.21. The molecule has 16 heavy (non-hydrogen) atoms. The number of nitrogens with one attached hydrogen (secondary N) is 1. The van der Waals surface area contributed by atoms with Crippen LogP contribution in [0, 0.1) is 0 Å². The number of methoxy groups -OCH3 is 1. The Hall–Kier alpha value is -1.59. The van der Waals surface area contributed by atoms with Crippen molar-refractivity contribution in [1.29, 1.82) is 0 Å². The lowest BCUT2D eigenvalue weighted by Crippen LogP contribution is -2.34. The second kappa shape index (κ2) is 6.81. The van der Waals surface area contributed by atoms with Gasteiger partial charge in [0.2, 0.25) is 0 Å². The Labute approximate surface area is 94.5 Å². The molecule has 1 rings (SSSR count). The molecule has 0 aliphatic carbocycles. The van der Waals surface area contributed by atoms with Gasteiger partial charge in [0.05, 0.1) is 6.61 Å². The van der Waals surface area contributed by atoms with Gasteiger partial charge in [0.15, 0.2) is 6.61 Å². The Balaban J connectivity index is 2.41. The smallest absolute Gasteiger partial charge is 0.271 e. The standard InChI is InChI=1S/C11H16N2O3/c1-15-7-6-9-2-4-10(5-3-9)16-8-11(14)13-12/h2-5H,6-8,12H2,1H3,(H,13,14). The number of hydrogen-bond acceptors (Lipinski definition) is 4. The summed E-state index contributed by atoms with van der Waals surface area (Å²) in [4.78, 5) is 10.8. The summed E-state index contributed by atoms with van der Waals surface area (Å²) in [6.45, 7) is 0.615. The highest BCUT2D eigenvalue weighted by molar-refractivity contribution is 5.76. The number of rotatable bonds is 6. The summed E-state index contributed by atoms with van der Waals surface area (Å²) >= 11 is 0. The van der Waals surface area contributed by atoms with E-state index in [0.29, 0.717) is 12.4 Å². The molecule has 1 aromatic rings. The van der Waals surface area contributed by atoms with Gasteiger partial charge in [-0.15, -0.1) is 0 Å². The van der Waals surface area contributed by atoms with Gasteiger partial charge in [-0.2, -0.15) is 0 Å². The predicted molar refractivity (Wildman–Crippen MR) is 59.8 cm³/mol. The highest BCUT2D eigenvalue weighted by Gasteiger charge is 2.00. The summed E-state index contributed by atoms with van der Waals surface area (Å²) in [5.41, 5.74) is 3.16. The number of carbonyl (C=O) groups is 1. The summed E-state index contributed by atoms with van der Waals surface area (Å²) in [6, 6.07) is 7.51. The van der Waals surface area contributed by atoms with Gasteiger partial charge in [0.1, 0.15) is 5.75 Å². The molecule has 0 fully saturated rings. The summed E-state index contributed by atoms with van der Waals surface area (Å²) in [7, 11) is 1.67. The van der Waals surface area contributed by atoms with Crippen LogP contribution in [-0.2, 0) is 16.0 Å². The normalized spacial score (nSPS) is 9.88. The van der Waals surface area contributed by atoms with E-state index in [1.807, 2.05) is 29.7 Å². The van der Waals surface area contributed by atoms with Crippen molar-refractivity contribution in [2.24, 2.45) is 5.84 Å². The number of hydrogen-bond donors (Lipinski definition) is 2. The molecule has 5 heteroatoms. The molecule has 0 atom stereocenters. The van der Waals surface area contributed by atoms with E-state index < -0.39 is 0 Å². The number of carbonyl (C=O) groups excluding carboxylic acids is 1. The van der Waals surface area contributed by atoms with Crippen LogP contribution in [0.2, 0.25) is 0 Å². The predicted octanol–water partition coefficient (Wildman–Crippen LogP) is 0.244. The Morgan fingerprint density at radius 2 is 2.06 bits per heavy atom. The molecule has 0 aliphatic heterocycles. The van der Waals surface area contributed by atoms with E-state index in [1.54, 1.807) is 7.11 Å². The fourth-order valence-electron chi connectivity index (χ4n) is 1.16. The van der Waals surface area contributed by atoms with Gasteiger partial charge < -0.3 is 9.47 Å². The topological polar surface area (TPSA) is 73.6 Å². The average Bonchev–Trinajstić information content (AvgIpc) is 2.34. The lowest BCUT2D eigenvalue weighted by Gasteiger charge is -2.06. The molecule has 88 valence electrons. The van der Waals surface area contributed by atoms with E-state index >= 15 is 0 Å². The van der Waals surface area contributed by atoms with Crippen LogP contribution >= 0.6 is 0 Å². The van der Waals surface area contributed by atoms with Gasteiger partial charge in [0, 0.05) is 7.11 Å². The third kappa shape index (κ3) is 4.29. The first kappa shape index (κ1) is 12.5. The van der Waals surface area contributed by atoms with Crippen molar-refractivity contribution < 1.29 is 14.3 Å². The second-order valence-corrected chi connectivity index (χ2v) is 3.24. The molecule has 0 heterocycles. The molecule has 3 N–H and O–H groups in total. The maximum Gasteiger partial charge on any atom is 0.271 e. The monoisotopic (exact) mass is 224 g/mol. The molecule has 0 bridgehead atoms. The maximum absolute atomic E-state index is 10.8. The molecular formula is C11H16N2O3. The minimum Gasteiger partial charge on any atom is -0.484 e. The van der Waals surface area contributed by atoms with Gasteiger partial charge in [-0.1, -0.05) is 12.1 Å². The molecule has 0 saturated heterocycles. The van der Waals surface area contributed by atoms with E-state index in [4.69, 9.17) is 15.3 Å². The fourth-order valence-corrected chi connectivity index (χ4v) is 1.16. The highest BCUT2D eigenvalue weighted by Crippen LogP contribution is 2.12. The molecule has 1 amide bonds. The largest absolute Gasteiger partial charge is 0.484 e. The number of benzene rings is 1. The molecule has 5 nitrogen and oxygen atoms in total. The van der Waals surface area contributed by atoms with Crippen molar-refractivity contribution in [2.45, 2.75) is 6.42 Å². The van der Waals surface area contributed by atoms with Gasteiger partial charge in [0.25, 0.3) is 5.91 Å². The van der Waals surface area contributed by atoms with Crippen LogP contribution in [0.1, 0.15) is 5.56 Å². The van der Waals surface area contributed by atoms with Crippen LogP contribution in [-0.4, -0.2) is 26.2 Å². The van der Waals surface area contributed by atoms with Gasteiger partial charge in [-0.05, 0) is 24.1 Å². The fraction of sp³-hybridized carbons (Fsp3) is 0.364. The Kier molecular flexibility index (Phi) is 5.31. The van der Waals surface area contributed by atoms with E-state index in [2.05, 4.69) is 0 Å². The highest BCUT2D eigenvalue weighted by atomic mass is 16.5. The molecule has 0 saturated carbocycles. The molecule has 0 spiro atoms. The molecule has 1 aromatic carbocycles. The van der Waals surface area contributed by atoms with Crippen molar-refractivity contribution in [3.8, 4) is 5.75 Å². The molecule has 0 radical (unpaired) electrons. The van der Waals surface area contributed by atoms with E-state index in [1.165, 1.54) is 0 Å². The summed E-state index contributed by atoms with van der Waals surface area (Å²) < 4.78 is 10.2. The minimum atomic E-state index is -0.358. The molecule has 0 unspecified atom stereocenters. The third-order valence-corrected chi connectivity index (χ3v) is 2.05. The Bertz CT molecular complexity index is 325. The zero-order valence-electron chi connectivity index (χ0n) is 9.23. The van der Waals surface area contributed by atoms with Crippen molar-refractivity contribution in [3.63, 3.8) is 0 Å². The molecule has 0 aliphatic rings. The summed E-state index contributed by atoms with van der Waals surface area (Å²) in [6.07, 6.45) is 0.861. The first-order valence-corrected chi connectivity index (χ1v) is 4.96. The second-order valence-electron chi connectivity index (χ2n) is 3.24. The quantitative estimate of drug-likeness (QED) is 0.412. The van der Waals surface area contributed by atoms with Crippen LogP contribution < -0.4 is 16.0 Å². The lowest BCUT2D eigenvalue weighted by molar-refractivity contribution is -0.123. The van der Waals surface area contributed by atoms with Crippen LogP contribution in [0.5, 0.6) is 5.75 Å². The van der Waals surface area contributed by atoms with Crippen LogP contribution in [0.3, 0.4) is 0 Å². The minimum absolute atomic E-state index is 0.0755. The molecular weight excluding hydrogens is 208 g/mol. The first-order chi connectivity index (χ1) is 7.76. The molecule has 0 aromatic heterocycles. The zero-order valence-corrected chi connectivity index (χ0v) is 9.23. The number of nitrogens with two attached hydrogens (primary N) is 1. The van der Waals surface area contributed by atoms with E-state index in [9.17, 15) is 4.79 Å². The number of hydrazine groups is 1. The van der Waals surface area contributed by atoms with E-state index in [-0.39, 0.29) is 12.5 Å². The third-order valence-electron chi connectivity index (χ3n) is 2.05. The average molecular weight is 224 g/mol. The van der Waals surface area contributed by atoms with Crippen LogP contribution in [0.15, 0.2) is 24.3 Å².